The highest BCUT2D eigenvalue weighted by molar-refractivity contribution is 7.91. The van der Waals surface area contributed by atoms with Crippen LogP contribution in [-0.4, -0.2) is 42.7 Å². The summed E-state index contributed by atoms with van der Waals surface area (Å²) in [6.07, 6.45) is -2.17. The Morgan fingerprint density at radius 2 is 2.08 bits per heavy atom. The van der Waals surface area contributed by atoms with Crippen molar-refractivity contribution < 1.29 is 23.1 Å². The van der Waals surface area contributed by atoms with E-state index in [-0.39, 0.29) is 11.5 Å². The molecule has 0 aromatic carbocycles. The third kappa shape index (κ3) is 2.33. The van der Waals surface area contributed by atoms with E-state index >= 15 is 0 Å². The molecule has 1 fully saturated rings. The molecule has 0 amide bonds. The lowest BCUT2D eigenvalue weighted by Crippen LogP contribution is -2.27. The zero-order valence-corrected chi connectivity index (χ0v) is 7.51. The first-order valence-corrected chi connectivity index (χ1v) is 5.35. The number of carbonyl (C=O) groups excluding carboxylic acids is 1. The summed E-state index contributed by atoms with van der Waals surface area (Å²) in [6, 6.07) is 0. The van der Waals surface area contributed by atoms with Gasteiger partial charge in [-0.05, 0) is 0 Å². The Morgan fingerprint density at radius 1 is 1.50 bits per heavy atom. The fourth-order valence-electron chi connectivity index (χ4n) is 1.03. The molecule has 1 heterocycles. The minimum atomic E-state index is -3.28. The molecular weight excluding hydrogens is 208 g/mol. The maximum absolute atomic E-state index is 10.8. The van der Waals surface area contributed by atoms with Gasteiger partial charge in [0.15, 0.2) is 9.84 Å². The van der Waals surface area contributed by atoms with Crippen LogP contribution in [0.2, 0.25) is 0 Å². The summed E-state index contributed by atoms with van der Waals surface area (Å²) >= 11 is 4.85. The molecule has 0 radical (unpaired) electrons. The fourth-order valence-corrected chi connectivity index (χ4v) is 2.80. The lowest BCUT2D eigenvalue weighted by atomic mass is 10.3. The van der Waals surface area contributed by atoms with Crippen LogP contribution in [0.25, 0.3) is 0 Å². The van der Waals surface area contributed by atoms with Gasteiger partial charge in [0.2, 0.25) is 0 Å². The second kappa shape index (κ2) is 3.20. The van der Waals surface area contributed by atoms with E-state index in [1.807, 2.05) is 0 Å². The van der Waals surface area contributed by atoms with Crippen LogP contribution < -0.4 is 0 Å². The van der Waals surface area contributed by atoms with Gasteiger partial charge in [0, 0.05) is 11.6 Å². The first-order valence-electron chi connectivity index (χ1n) is 3.15. The minimum absolute atomic E-state index is 0.355. The Labute approximate surface area is 74.2 Å². The Hall–Kier alpha value is -0.330. The molecule has 1 saturated heterocycles. The molecule has 1 rings (SSSR count). The van der Waals surface area contributed by atoms with Crippen molar-refractivity contribution in [1.82, 2.24) is 0 Å². The molecule has 0 saturated carbocycles. The number of halogens is 1. The Kier molecular flexibility index (Phi) is 2.60. The first kappa shape index (κ1) is 9.76. The van der Waals surface area contributed by atoms with E-state index in [4.69, 9.17) is 16.7 Å². The first-order chi connectivity index (χ1) is 5.41. The Bertz CT molecular complexity index is 284. The number of rotatable bonds is 1. The smallest absolute Gasteiger partial charge is 0.404 e. The molecule has 7 heteroatoms. The van der Waals surface area contributed by atoms with Gasteiger partial charge in [-0.25, -0.2) is 13.2 Å². The van der Waals surface area contributed by atoms with Crippen LogP contribution in [-0.2, 0) is 14.6 Å². The summed E-state index contributed by atoms with van der Waals surface area (Å²) in [5.41, 5.74) is -1.10. The highest BCUT2D eigenvalue weighted by atomic mass is 35.5. The second-order valence-electron chi connectivity index (χ2n) is 2.54. The minimum Gasteiger partial charge on any atom is -0.446 e. The number of aliphatic hydroxyl groups is 1. The molecule has 70 valence electrons. The van der Waals surface area contributed by atoms with Crippen LogP contribution in [0.4, 0.5) is 4.79 Å². The van der Waals surface area contributed by atoms with E-state index in [0.29, 0.717) is 0 Å². The van der Waals surface area contributed by atoms with Crippen molar-refractivity contribution in [3.05, 3.63) is 0 Å². The molecule has 12 heavy (non-hydrogen) atoms. The maximum atomic E-state index is 10.8. The topological polar surface area (TPSA) is 80.7 Å². The average molecular weight is 215 g/mol. The van der Waals surface area contributed by atoms with Gasteiger partial charge in [0.1, 0.15) is 12.2 Å². The molecule has 1 aliphatic rings. The fraction of sp³-hybridized carbons (Fsp3) is 0.800. The summed E-state index contributed by atoms with van der Waals surface area (Å²) in [6.45, 7) is 0. The summed E-state index contributed by atoms with van der Waals surface area (Å²) in [7, 11) is -3.28. The van der Waals surface area contributed by atoms with Crippen molar-refractivity contribution in [2.45, 2.75) is 12.2 Å². The number of ether oxygens (including phenoxy) is 1. The Balaban J connectivity index is 2.64. The number of hydrogen-bond donors (Lipinski definition) is 1. The SMILES string of the molecule is O=C(Cl)O[C@H]1CS(=O)(=O)C[C@@H]1O. The van der Waals surface area contributed by atoms with Gasteiger partial charge >= 0.3 is 5.43 Å². The van der Waals surface area contributed by atoms with E-state index in [0.717, 1.165) is 0 Å². The zero-order valence-electron chi connectivity index (χ0n) is 5.94. The molecule has 0 bridgehead atoms. The van der Waals surface area contributed by atoms with Crippen LogP contribution in [0.1, 0.15) is 0 Å². The van der Waals surface area contributed by atoms with Crippen molar-refractivity contribution in [3.8, 4) is 0 Å². The normalized spacial score (nSPS) is 33.2. The van der Waals surface area contributed by atoms with Crippen molar-refractivity contribution >= 4 is 26.9 Å². The molecule has 0 spiro atoms. The van der Waals surface area contributed by atoms with E-state index in [1.165, 1.54) is 0 Å². The largest absolute Gasteiger partial charge is 0.446 e. The van der Waals surface area contributed by atoms with Crippen LogP contribution in [0.3, 0.4) is 0 Å². The second-order valence-corrected chi connectivity index (χ2v) is 5.00. The lowest BCUT2D eigenvalue weighted by Gasteiger charge is -2.10. The predicted molar refractivity (Wildman–Crippen MR) is 40.8 cm³/mol. The van der Waals surface area contributed by atoms with E-state index < -0.39 is 27.5 Å². The van der Waals surface area contributed by atoms with Crippen molar-refractivity contribution in [1.29, 1.82) is 0 Å². The molecule has 2 atom stereocenters. The van der Waals surface area contributed by atoms with Gasteiger partial charge in [-0.1, -0.05) is 0 Å². The number of aliphatic hydroxyl groups excluding tert-OH is 1. The molecule has 0 unspecified atom stereocenters. The van der Waals surface area contributed by atoms with E-state index in [9.17, 15) is 13.2 Å². The van der Waals surface area contributed by atoms with Gasteiger partial charge in [-0.2, -0.15) is 0 Å². The summed E-state index contributed by atoms with van der Waals surface area (Å²) in [4.78, 5) is 10.2. The van der Waals surface area contributed by atoms with Crippen molar-refractivity contribution in [3.63, 3.8) is 0 Å². The van der Waals surface area contributed by atoms with Crippen LogP contribution in [0, 0.1) is 0 Å². The molecule has 0 aromatic rings. The molecule has 0 aromatic heterocycles. The number of hydrogen-bond acceptors (Lipinski definition) is 5. The zero-order chi connectivity index (χ0) is 9.35. The third-order valence-electron chi connectivity index (χ3n) is 1.52. The highest BCUT2D eigenvalue weighted by Crippen LogP contribution is 2.16. The maximum Gasteiger partial charge on any atom is 0.404 e. The quantitative estimate of drug-likeness (QED) is 0.597. The average Bonchev–Trinajstić information content (AvgIpc) is 2.03. The van der Waals surface area contributed by atoms with Gasteiger partial charge in [0.05, 0.1) is 11.5 Å². The van der Waals surface area contributed by atoms with Gasteiger partial charge < -0.3 is 9.84 Å². The summed E-state index contributed by atoms with van der Waals surface area (Å²) in [5, 5.41) is 9.06. The molecule has 0 aliphatic carbocycles. The third-order valence-corrected chi connectivity index (χ3v) is 3.29. The molecule has 1 aliphatic heterocycles. The predicted octanol–water partition coefficient (Wildman–Crippen LogP) is -0.480. The molecule has 5 nitrogen and oxygen atoms in total. The standard InChI is InChI=1S/C5H7ClO5S/c6-5(8)11-4-2-12(9,10)1-3(4)7/h3-4,7H,1-2H2/t3-,4-/m0/s1. The van der Waals surface area contributed by atoms with Gasteiger partial charge in [-0.3, -0.25) is 0 Å². The van der Waals surface area contributed by atoms with Crippen LogP contribution >= 0.6 is 11.6 Å². The molecular formula is C5H7ClO5S. The Morgan fingerprint density at radius 3 is 2.42 bits per heavy atom. The van der Waals surface area contributed by atoms with Gasteiger partial charge in [-0.15, -0.1) is 0 Å². The van der Waals surface area contributed by atoms with Crippen LogP contribution in [0.15, 0.2) is 0 Å². The van der Waals surface area contributed by atoms with Gasteiger partial charge in [0.25, 0.3) is 0 Å². The van der Waals surface area contributed by atoms with E-state index in [1.54, 1.807) is 0 Å². The summed E-state index contributed by atoms with van der Waals surface area (Å²) < 4.78 is 26.0. The van der Waals surface area contributed by atoms with E-state index in [2.05, 4.69) is 4.74 Å². The lowest BCUT2D eigenvalue weighted by molar-refractivity contribution is 0.0453. The van der Waals surface area contributed by atoms with Crippen molar-refractivity contribution in [2.24, 2.45) is 0 Å². The summed E-state index contributed by atoms with van der Waals surface area (Å²) in [5.74, 6) is -0.728. The monoisotopic (exact) mass is 214 g/mol. The number of carbonyl (C=O) groups is 1. The number of sulfone groups is 1. The van der Waals surface area contributed by atoms with Crippen LogP contribution in [0.5, 0.6) is 0 Å². The van der Waals surface area contributed by atoms with Crippen molar-refractivity contribution in [2.75, 3.05) is 11.5 Å². The highest BCUT2D eigenvalue weighted by Gasteiger charge is 2.38. The molecule has 1 N–H and O–H groups in total.